The number of benzene rings is 1. The third-order valence-electron chi connectivity index (χ3n) is 2.23. The van der Waals surface area contributed by atoms with Gasteiger partial charge in [0.05, 0.1) is 12.2 Å². The first-order valence-electron chi connectivity index (χ1n) is 4.29. The molecular weight excluding hydrogens is 209 g/mol. The zero-order valence-corrected chi connectivity index (χ0v) is 7.60. The summed E-state index contributed by atoms with van der Waals surface area (Å²) in [6.07, 6.45) is -4.41. The minimum Gasteiger partial charge on any atom is -0.369 e. The van der Waals surface area contributed by atoms with Crippen molar-refractivity contribution in [1.29, 1.82) is 0 Å². The number of fused-ring (bicyclic) bond motifs is 1. The van der Waals surface area contributed by atoms with Gasteiger partial charge in [0.2, 0.25) is 0 Å². The molecule has 1 aliphatic heterocycles. The number of ketones is 1. The van der Waals surface area contributed by atoms with E-state index in [1.54, 1.807) is 0 Å². The third kappa shape index (κ3) is 1.87. The van der Waals surface area contributed by atoms with E-state index in [9.17, 15) is 18.0 Å². The summed E-state index contributed by atoms with van der Waals surface area (Å²) >= 11 is 0. The summed E-state index contributed by atoms with van der Waals surface area (Å²) in [7, 11) is 0. The lowest BCUT2D eigenvalue weighted by Gasteiger charge is -2.17. The molecule has 2 rings (SSSR count). The highest BCUT2D eigenvalue weighted by Gasteiger charge is 2.32. The number of ether oxygens (including phenoxy) is 1. The lowest BCUT2D eigenvalue weighted by atomic mass is 9.99. The summed E-state index contributed by atoms with van der Waals surface area (Å²) in [5, 5.41) is 0. The molecule has 0 aliphatic carbocycles. The van der Waals surface area contributed by atoms with Gasteiger partial charge in [0.15, 0.2) is 5.78 Å². The van der Waals surface area contributed by atoms with Gasteiger partial charge < -0.3 is 4.74 Å². The van der Waals surface area contributed by atoms with E-state index in [0.717, 1.165) is 12.1 Å². The van der Waals surface area contributed by atoms with Crippen LogP contribution in [0.5, 0.6) is 0 Å². The SMILES string of the molecule is O=C1COCc2ccc(C(F)(F)F)cc21. The summed E-state index contributed by atoms with van der Waals surface area (Å²) in [5.74, 6) is -0.401. The van der Waals surface area contributed by atoms with Crippen LogP contribution in [0.25, 0.3) is 0 Å². The largest absolute Gasteiger partial charge is 0.416 e. The zero-order chi connectivity index (χ0) is 11.1. The van der Waals surface area contributed by atoms with Crippen LogP contribution in [0.4, 0.5) is 13.2 Å². The van der Waals surface area contributed by atoms with E-state index in [4.69, 9.17) is 4.74 Å². The van der Waals surface area contributed by atoms with E-state index in [2.05, 4.69) is 0 Å². The summed E-state index contributed by atoms with van der Waals surface area (Å²) < 4.78 is 41.9. The van der Waals surface area contributed by atoms with Gasteiger partial charge in [0.25, 0.3) is 0 Å². The Labute approximate surface area is 83.7 Å². The van der Waals surface area contributed by atoms with Crippen LogP contribution in [-0.2, 0) is 17.5 Å². The van der Waals surface area contributed by atoms with Crippen molar-refractivity contribution in [3.8, 4) is 0 Å². The third-order valence-corrected chi connectivity index (χ3v) is 2.23. The first-order chi connectivity index (χ1) is 6.98. The lowest BCUT2D eigenvalue weighted by molar-refractivity contribution is -0.137. The van der Waals surface area contributed by atoms with E-state index in [1.165, 1.54) is 6.07 Å². The van der Waals surface area contributed by atoms with Crippen molar-refractivity contribution in [2.45, 2.75) is 12.8 Å². The molecule has 5 heteroatoms. The molecule has 0 N–H and O–H groups in total. The Balaban J connectivity index is 2.49. The number of alkyl halides is 3. The Morgan fingerprint density at radius 3 is 2.60 bits per heavy atom. The Morgan fingerprint density at radius 2 is 1.93 bits per heavy atom. The van der Waals surface area contributed by atoms with Crippen LogP contribution in [0.2, 0.25) is 0 Å². The van der Waals surface area contributed by atoms with Crippen molar-refractivity contribution in [2.75, 3.05) is 6.61 Å². The molecule has 1 aliphatic rings. The number of carbonyl (C=O) groups excluding carboxylic acids is 1. The van der Waals surface area contributed by atoms with Crippen molar-refractivity contribution in [3.05, 3.63) is 34.9 Å². The highest BCUT2D eigenvalue weighted by Crippen LogP contribution is 2.31. The van der Waals surface area contributed by atoms with E-state index in [0.29, 0.717) is 5.56 Å². The molecule has 15 heavy (non-hydrogen) atoms. The van der Waals surface area contributed by atoms with Crippen molar-refractivity contribution < 1.29 is 22.7 Å². The average Bonchev–Trinajstić information content (AvgIpc) is 2.16. The molecule has 0 aromatic heterocycles. The molecule has 0 spiro atoms. The van der Waals surface area contributed by atoms with Gasteiger partial charge in [-0.25, -0.2) is 0 Å². The summed E-state index contributed by atoms with van der Waals surface area (Å²) in [6.45, 7) is 0.0491. The normalized spacial score (nSPS) is 16.3. The molecule has 1 aromatic carbocycles. The topological polar surface area (TPSA) is 26.3 Å². The van der Waals surface area contributed by atoms with Gasteiger partial charge in [0, 0.05) is 5.56 Å². The first-order valence-corrected chi connectivity index (χ1v) is 4.29. The maximum Gasteiger partial charge on any atom is 0.416 e. The van der Waals surface area contributed by atoms with Crippen LogP contribution in [0, 0.1) is 0 Å². The summed E-state index contributed by atoms with van der Waals surface area (Å²) in [5.41, 5.74) is -0.160. The van der Waals surface area contributed by atoms with Crippen molar-refractivity contribution in [2.24, 2.45) is 0 Å². The van der Waals surface area contributed by atoms with Gasteiger partial charge in [0.1, 0.15) is 6.61 Å². The van der Waals surface area contributed by atoms with Gasteiger partial charge in [-0.3, -0.25) is 4.79 Å². The molecule has 0 saturated heterocycles. The Bertz CT molecular complexity index is 410. The lowest BCUT2D eigenvalue weighted by Crippen LogP contribution is -2.19. The Morgan fingerprint density at radius 1 is 1.20 bits per heavy atom. The van der Waals surface area contributed by atoms with Gasteiger partial charge in [-0.1, -0.05) is 6.07 Å². The van der Waals surface area contributed by atoms with E-state index in [1.807, 2.05) is 0 Å². The van der Waals surface area contributed by atoms with Crippen molar-refractivity contribution in [1.82, 2.24) is 0 Å². The number of Topliss-reactive ketones (excluding diaryl/α,β-unsaturated/α-hetero) is 1. The summed E-state index contributed by atoms with van der Waals surface area (Å²) in [6, 6.07) is 3.14. The Kier molecular flexibility index (Phi) is 2.26. The van der Waals surface area contributed by atoms with E-state index < -0.39 is 17.5 Å². The molecule has 80 valence electrons. The van der Waals surface area contributed by atoms with Gasteiger partial charge >= 0.3 is 6.18 Å². The average molecular weight is 216 g/mol. The predicted octanol–water partition coefficient (Wildman–Crippen LogP) is 2.42. The molecule has 0 unspecified atom stereocenters. The fourth-order valence-corrected chi connectivity index (χ4v) is 1.47. The van der Waals surface area contributed by atoms with Crippen LogP contribution in [0.3, 0.4) is 0 Å². The summed E-state index contributed by atoms with van der Waals surface area (Å²) in [4.78, 5) is 11.3. The van der Waals surface area contributed by atoms with E-state index in [-0.39, 0.29) is 18.8 Å². The molecule has 1 heterocycles. The van der Waals surface area contributed by atoms with Gasteiger partial charge in [-0.2, -0.15) is 13.2 Å². The predicted molar refractivity (Wildman–Crippen MR) is 45.4 cm³/mol. The second kappa shape index (κ2) is 3.34. The van der Waals surface area contributed by atoms with Crippen LogP contribution in [-0.4, -0.2) is 12.4 Å². The smallest absolute Gasteiger partial charge is 0.369 e. The number of rotatable bonds is 0. The molecular formula is C10H7F3O2. The van der Waals surface area contributed by atoms with Crippen LogP contribution in [0.15, 0.2) is 18.2 Å². The highest BCUT2D eigenvalue weighted by molar-refractivity contribution is 5.99. The molecule has 2 nitrogen and oxygen atoms in total. The fraction of sp³-hybridized carbons (Fsp3) is 0.300. The maximum absolute atomic E-state index is 12.3. The molecule has 0 atom stereocenters. The zero-order valence-electron chi connectivity index (χ0n) is 7.60. The van der Waals surface area contributed by atoms with Crippen molar-refractivity contribution in [3.63, 3.8) is 0 Å². The molecule has 0 fully saturated rings. The quantitative estimate of drug-likeness (QED) is 0.665. The minimum atomic E-state index is -4.41. The monoisotopic (exact) mass is 216 g/mol. The number of hydrogen-bond donors (Lipinski definition) is 0. The van der Waals surface area contributed by atoms with Crippen LogP contribution >= 0.6 is 0 Å². The standard InChI is InChI=1S/C10H7F3O2/c11-10(12,13)7-2-1-6-4-15-5-9(14)8(6)3-7/h1-3H,4-5H2. The van der Waals surface area contributed by atoms with E-state index >= 15 is 0 Å². The number of hydrogen-bond acceptors (Lipinski definition) is 2. The molecule has 0 bridgehead atoms. The minimum absolute atomic E-state index is 0.121. The van der Waals surface area contributed by atoms with Crippen LogP contribution in [0.1, 0.15) is 21.5 Å². The number of halogens is 3. The molecule has 0 amide bonds. The fourth-order valence-electron chi connectivity index (χ4n) is 1.47. The highest BCUT2D eigenvalue weighted by atomic mass is 19.4. The van der Waals surface area contributed by atoms with Crippen LogP contribution < -0.4 is 0 Å². The van der Waals surface area contributed by atoms with Gasteiger partial charge in [-0.15, -0.1) is 0 Å². The Hall–Kier alpha value is -1.36. The maximum atomic E-state index is 12.3. The first kappa shape index (κ1) is 10.2. The van der Waals surface area contributed by atoms with Crippen molar-refractivity contribution >= 4 is 5.78 Å². The molecule has 1 aromatic rings. The van der Waals surface area contributed by atoms with Gasteiger partial charge in [-0.05, 0) is 17.7 Å². The molecule has 0 radical (unpaired) electrons. The molecule has 0 saturated carbocycles. The number of carbonyl (C=O) groups is 1. The second-order valence-electron chi connectivity index (χ2n) is 3.29. The second-order valence-corrected chi connectivity index (χ2v) is 3.29.